The lowest BCUT2D eigenvalue weighted by atomic mass is 9.97. The number of ketones is 1. The van der Waals surface area contributed by atoms with Gasteiger partial charge in [0.2, 0.25) is 6.29 Å². The number of halogens is 1. The fourth-order valence-corrected chi connectivity index (χ4v) is 6.07. The molecular weight excluding hydrogens is 552 g/mol. The number of nitrogens with zero attached hydrogens (tertiary/aromatic N) is 2. The van der Waals surface area contributed by atoms with Gasteiger partial charge in [0.05, 0.1) is 5.71 Å². The molecule has 4 aromatic carbocycles. The average Bonchev–Trinajstić information content (AvgIpc) is 3.29. The van der Waals surface area contributed by atoms with E-state index in [0.717, 1.165) is 67.3 Å². The van der Waals surface area contributed by atoms with Crippen molar-refractivity contribution in [3.8, 4) is 0 Å². The second kappa shape index (κ2) is 12.9. The van der Waals surface area contributed by atoms with E-state index < -0.39 is 6.29 Å². The topological polar surface area (TPSA) is 63.8 Å². The summed E-state index contributed by atoms with van der Waals surface area (Å²) in [5, 5.41) is 16.9. The normalized spacial score (nSPS) is 12.7. The summed E-state index contributed by atoms with van der Waals surface area (Å²) >= 11 is 7.78. The minimum Gasteiger partial charge on any atom is -0.364 e. The Morgan fingerprint density at radius 2 is 1.63 bits per heavy atom. The van der Waals surface area contributed by atoms with Crippen molar-refractivity contribution in [1.82, 2.24) is 4.57 Å². The number of benzene rings is 4. The first-order valence-corrected chi connectivity index (χ1v) is 15.2. The number of hydrogen-bond acceptors (Lipinski definition) is 5. The number of carbonyl (C=O) groups excluding carboxylic acids is 1. The number of oxime groups is 1. The summed E-state index contributed by atoms with van der Waals surface area (Å²) in [4.78, 5) is 19.9. The maximum atomic E-state index is 13.4. The summed E-state index contributed by atoms with van der Waals surface area (Å²) in [6.07, 6.45) is 0.552. The molecule has 1 unspecified atom stereocenters. The van der Waals surface area contributed by atoms with E-state index in [4.69, 9.17) is 16.4 Å². The first-order chi connectivity index (χ1) is 19.9. The number of aliphatic hydroxyl groups is 1. The SMILES string of the molecule is CCn1c2ccc(C(=O)c3ccccc3C)cc2c2cc(/C(CCCSc3ccc(Cl)cc3)=N/OC(C)O)ccc21. The summed E-state index contributed by atoms with van der Waals surface area (Å²) in [6.45, 7) is 6.44. The first-order valence-electron chi connectivity index (χ1n) is 13.8. The summed E-state index contributed by atoms with van der Waals surface area (Å²) in [7, 11) is 0. The van der Waals surface area contributed by atoms with Crippen LogP contribution >= 0.6 is 23.4 Å². The van der Waals surface area contributed by atoms with Gasteiger partial charge in [-0.1, -0.05) is 47.1 Å². The van der Waals surface area contributed by atoms with E-state index in [-0.39, 0.29) is 5.78 Å². The van der Waals surface area contributed by atoms with Gasteiger partial charge < -0.3 is 14.5 Å². The fourth-order valence-electron chi connectivity index (χ4n) is 5.09. The number of fused-ring (bicyclic) bond motifs is 3. The summed E-state index contributed by atoms with van der Waals surface area (Å²) in [5.41, 5.74) is 6.23. The van der Waals surface area contributed by atoms with Crippen LogP contribution in [0.5, 0.6) is 0 Å². The molecule has 5 rings (SSSR count). The summed E-state index contributed by atoms with van der Waals surface area (Å²) < 4.78 is 2.27. The van der Waals surface area contributed by atoms with Crippen LogP contribution < -0.4 is 0 Å². The predicted molar refractivity (Wildman–Crippen MR) is 170 cm³/mol. The minimum absolute atomic E-state index is 0.0179. The van der Waals surface area contributed by atoms with E-state index >= 15 is 0 Å². The van der Waals surface area contributed by atoms with Crippen molar-refractivity contribution in [1.29, 1.82) is 0 Å². The van der Waals surface area contributed by atoms with E-state index in [1.165, 1.54) is 0 Å². The molecule has 5 nitrogen and oxygen atoms in total. The zero-order valence-corrected chi connectivity index (χ0v) is 25.0. The van der Waals surface area contributed by atoms with Crippen LogP contribution in [0.15, 0.2) is 95.0 Å². The van der Waals surface area contributed by atoms with Crippen LogP contribution in [0.25, 0.3) is 21.8 Å². The smallest absolute Gasteiger partial charge is 0.221 e. The second-order valence-corrected chi connectivity index (χ2v) is 11.6. The highest BCUT2D eigenvalue weighted by Gasteiger charge is 2.17. The average molecular weight is 585 g/mol. The molecule has 5 aromatic rings. The minimum atomic E-state index is -1.01. The Balaban J connectivity index is 1.48. The van der Waals surface area contributed by atoms with Gasteiger partial charge in [-0.05, 0) is 92.6 Å². The maximum Gasteiger partial charge on any atom is 0.221 e. The molecule has 1 atom stereocenters. The van der Waals surface area contributed by atoms with Crippen LogP contribution in [0.3, 0.4) is 0 Å². The molecule has 0 aliphatic heterocycles. The number of rotatable bonds is 11. The van der Waals surface area contributed by atoms with Crippen LogP contribution in [-0.2, 0) is 11.4 Å². The van der Waals surface area contributed by atoms with Gasteiger partial charge in [0, 0.05) is 61.9 Å². The molecule has 1 heterocycles. The van der Waals surface area contributed by atoms with Crippen molar-refractivity contribution in [3.05, 3.63) is 112 Å². The van der Waals surface area contributed by atoms with Gasteiger partial charge >= 0.3 is 0 Å². The Labute approximate surface area is 249 Å². The largest absolute Gasteiger partial charge is 0.364 e. The zero-order valence-electron chi connectivity index (χ0n) is 23.4. The lowest BCUT2D eigenvalue weighted by molar-refractivity contribution is -0.0838. The van der Waals surface area contributed by atoms with Crippen LogP contribution in [0.4, 0.5) is 0 Å². The first kappa shape index (κ1) is 28.9. The molecule has 0 saturated heterocycles. The molecule has 0 aliphatic carbocycles. The molecular formula is C34H33ClN2O3S. The lowest BCUT2D eigenvalue weighted by Crippen LogP contribution is -2.08. The van der Waals surface area contributed by atoms with Gasteiger partial charge in [0.1, 0.15) is 0 Å². The monoisotopic (exact) mass is 584 g/mol. The van der Waals surface area contributed by atoms with Crippen molar-refractivity contribution in [2.75, 3.05) is 5.75 Å². The molecule has 0 fully saturated rings. The molecule has 1 N–H and O–H groups in total. The molecule has 1 aromatic heterocycles. The van der Waals surface area contributed by atoms with Crippen molar-refractivity contribution in [3.63, 3.8) is 0 Å². The van der Waals surface area contributed by atoms with Crippen molar-refractivity contribution in [2.45, 2.75) is 51.3 Å². The number of aromatic nitrogens is 1. The highest BCUT2D eigenvalue weighted by atomic mass is 35.5. The Morgan fingerprint density at radius 1 is 0.976 bits per heavy atom. The van der Waals surface area contributed by atoms with Gasteiger partial charge in [0.25, 0.3) is 0 Å². The lowest BCUT2D eigenvalue weighted by Gasteiger charge is -2.10. The molecule has 0 radical (unpaired) electrons. The van der Waals surface area contributed by atoms with E-state index in [2.05, 4.69) is 34.8 Å². The third-order valence-corrected chi connectivity index (χ3v) is 8.47. The number of aliphatic hydroxyl groups excluding tert-OH is 1. The van der Waals surface area contributed by atoms with Gasteiger partial charge in [-0.25, -0.2) is 0 Å². The van der Waals surface area contributed by atoms with Crippen molar-refractivity contribution in [2.24, 2.45) is 5.16 Å². The third kappa shape index (κ3) is 6.51. The van der Waals surface area contributed by atoms with E-state index in [1.807, 2.05) is 73.7 Å². The van der Waals surface area contributed by atoms with Crippen LogP contribution in [0.2, 0.25) is 5.02 Å². The number of aryl methyl sites for hydroxylation is 2. The third-order valence-electron chi connectivity index (χ3n) is 7.12. The van der Waals surface area contributed by atoms with E-state index in [0.29, 0.717) is 17.5 Å². The molecule has 0 aliphatic rings. The summed E-state index contributed by atoms with van der Waals surface area (Å²) in [5.74, 6) is 0.918. The van der Waals surface area contributed by atoms with Gasteiger partial charge in [0.15, 0.2) is 5.78 Å². The van der Waals surface area contributed by atoms with Crippen LogP contribution in [-0.4, -0.2) is 33.2 Å². The van der Waals surface area contributed by atoms with Crippen molar-refractivity contribution < 1.29 is 14.7 Å². The Morgan fingerprint density at radius 3 is 2.29 bits per heavy atom. The second-order valence-electron chi connectivity index (χ2n) is 10.0. The molecule has 0 bridgehead atoms. The van der Waals surface area contributed by atoms with Gasteiger partial charge in [-0.2, -0.15) is 0 Å². The van der Waals surface area contributed by atoms with E-state index in [1.54, 1.807) is 18.7 Å². The summed E-state index contributed by atoms with van der Waals surface area (Å²) in [6, 6.07) is 27.8. The van der Waals surface area contributed by atoms with Gasteiger partial charge in [-0.3, -0.25) is 4.79 Å². The zero-order chi connectivity index (χ0) is 28.9. The van der Waals surface area contributed by atoms with Crippen LogP contribution in [0.1, 0.15) is 53.7 Å². The molecule has 41 heavy (non-hydrogen) atoms. The molecule has 0 saturated carbocycles. The Bertz CT molecular complexity index is 1720. The predicted octanol–water partition coefficient (Wildman–Crippen LogP) is 8.64. The van der Waals surface area contributed by atoms with Crippen molar-refractivity contribution >= 4 is 56.7 Å². The molecule has 7 heteroatoms. The highest BCUT2D eigenvalue weighted by molar-refractivity contribution is 7.99. The Hall–Kier alpha value is -3.58. The van der Waals surface area contributed by atoms with Gasteiger partial charge in [-0.15, -0.1) is 11.8 Å². The number of hydrogen-bond donors (Lipinski definition) is 1. The quantitative estimate of drug-likeness (QED) is 0.0421. The number of thioether (sulfide) groups is 1. The van der Waals surface area contributed by atoms with Crippen LogP contribution in [0, 0.1) is 6.92 Å². The standard InChI is InChI=1S/C34H33ClN2O3S/c1-4-37-32-17-11-24(31(36-40-23(3)38)10-7-19-41-27-15-13-26(35)14-16-27)20-29(32)30-21-25(12-18-33(30)37)34(39)28-9-6-5-8-22(28)2/h5-6,8-9,11-18,20-21,23,38H,4,7,10,19H2,1-3H3/b36-31+. The molecule has 0 spiro atoms. The van der Waals surface area contributed by atoms with E-state index in [9.17, 15) is 9.90 Å². The molecule has 210 valence electrons. The fraction of sp³-hybridized carbons (Fsp3) is 0.235. The maximum absolute atomic E-state index is 13.4. The Kier molecular flexibility index (Phi) is 9.13. The molecule has 0 amide bonds. The number of carbonyl (C=O) groups is 1. The highest BCUT2D eigenvalue weighted by Crippen LogP contribution is 2.32.